The molecule has 2 atom stereocenters. The van der Waals surface area contributed by atoms with E-state index in [0.29, 0.717) is 25.3 Å². The summed E-state index contributed by atoms with van der Waals surface area (Å²) in [6.07, 6.45) is 2.52. The number of rotatable bonds is 9. The van der Waals surface area contributed by atoms with Gasteiger partial charge < -0.3 is 10.1 Å². The highest BCUT2D eigenvalue weighted by Gasteiger charge is 2.38. The van der Waals surface area contributed by atoms with Crippen molar-refractivity contribution in [1.29, 1.82) is 5.26 Å². The Kier molecular flexibility index (Phi) is 9.05. The van der Waals surface area contributed by atoms with E-state index in [9.17, 15) is 13.2 Å². The Morgan fingerprint density at radius 2 is 1.79 bits per heavy atom. The first kappa shape index (κ1) is 28.0. The molecule has 2 aliphatic rings. The van der Waals surface area contributed by atoms with Crippen LogP contribution in [-0.2, 0) is 14.8 Å². The molecule has 2 fully saturated rings. The largest absolute Gasteiger partial charge is 0.492 e. The van der Waals surface area contributed by atoms with Crippen LogP contribution < -0.4 is 10.1 Å². The molecule has 2 saturated heterocycles. The predicted octanol–water partition coefficient (Wildman–Crippen LogP) is 3.06. The zero-order chi connectivity index (χ0) is 27.3. The number of ether oxygens (including phenoxy) is 1. The first-order valence-electron chi connectivity index (χ1n) is 13.2. The van der Waals surface area contributed by atoms with Crippen LogP contribution in [0.5, 0.6) is 5.75 Å². The van der Waals surface area contributed by atoms with E-state index in [2.05, 4.69) is 10.2 Å². The molecule has 9 nitrogen and oxygen atoms in total. The van der Waals surface area contributed by atoms with E-state index >= 15 is 0 Å². The molecule has 38 heavy (non-hydrogen) atoms. The predicted molar refractivity (Wildman–Crippen MR) is 147 cm³/mol. The van der Waals surface area contributed by atoms with Gasteiger partial charge in [0.2, 0.25) is 15.9 Å². The third-order valence-corrected chi connectivity index (χ3v) is 9.29. The van der Waals surface area contributed by atoms with Gasteiger partial charge in [-0.15, -0.1) is 0 Å². The summed E-state index contributed by atoms with van der Waals surface area (Å²) in [5.41, 5.74) is 1.97. The van der Waals surface area contributed by atoms with Gasteiger partial charge in [-0.1, -0.05) is 6.07 Å². The van der Waals surface area contributed by atoms with Crippen LogP contribution in [0.3, 0.4) is 0 Å². The minimum Gasteiger partial charge on any atom is -0.492 e. The minimum absolute atomic E-state index is 0.111. The number of sulfonamides is 1. The summed E-state index contributed by atoms with van der Waals surface area (Å²) in [5, 5.41) is 12.1. The summed E-state index contributed by atoms with van der Waals surface area (Å²) in [6.45, 7) is 10.5. The van der Waals surface area contributed by atoms with Gasteiger partial charge in [0.1, 0.15) is 12.4 Å². The molecule has 1 amide bonds. The number of anilines is 1. The van der Waals surface area contributed by atoms with Crippen LogP contribution in [0.4, 0.5) is 5.69 Å². The number of hydrogen-bond donors (Lipinski definition) is 1. The van der Waals surface area contributed by atoms with Crippen molar-refractivity contribution < 1.29 is 17.9 Å². The van der Waals surface area contributed by atoms with Gasteiger partial charge in [-0.05, 0) is 88.7 Å². The van der Waals surface area contributed by atoms with Crippen LogP contribution in [0.1, 0.15) is 37.8 Å². The maximum Gasteiger partial charge on any atom is 0.243 e. The molecule has 2 unspecified atom stereocenters. The van der Waals surface area contributed by atoms with Crippen molar-refractivity contribution >= 4 is 21.6 Å². The van der Waals surface area contributed by atoms with Crippen LogP contribution >= 0.6 is 0 Å². The molecule has 0 bridgehead atoms. The number of nitriles is 1. The number of amides is 1. The standard InChI is InChI=1S/C28H37N5O4S/c1-21-15-25(37-14-13-31-11-4-5-12-31)9-10-27(21)30-28(34)20-32-18-22(2)33(23(3)19-32)38(35,36)26-8-6-7-24(16-26)17-29/h6-10,15-16,22-23H,4-5,11-14,18-20H2,1-3H3,(H,30,34). The number of nitrogens with one attached hydrogen (secondary N) is 1. The van der Waals surface area contributed by atoms with E-state index in [-0.39, 0.29) is 29.4 Å². The molecule has 0 aliphatic carbocycles. The molecular formula is C28H37N5O4S. The van der Waals surface area contributed by atoms with Crippen molar-refractivity contribution in [3.8, 4) is 11.8 Å². The Morgan fingerprint density at radius 1 is 1.08 bits per heavy atom. The number of piperazine rings is 1. The second-order valence-electron chi connectivity index (χ2n) is 10.3. The highest BCUT2D eigenvalue weighted by Crippen LogP contribution is 2.26. The van der Waals surface area contributed by atoms with Gasteiger partial charge in [0, 0.05) is 37.4 Å². The lowest BCUT2D eigenvalue weighted by Gasteiger charge is -2.43. The lowest BCUT2D eigenvalue weighted by Crippen LogP contribution is -2.59. The first-order chi connectivity index (χ1) is 18.2. The molecule has 2 heterocycles. The van der Waals surface area contributed by atoms with Crippen LogP contribution in [0, 0.1) is 18.3 Å². The van der Waals surface area contributed by atoms with Gasteiger partial charge in [-0.2, -0.15) is 9.57 Å². The molecule has 2 aromatic rings. The summed E-state index contributed by atoms with van der Waals surface area (Å²) in [5.74, 6) is 0.646. The van der Waals surface area contributed by atoms with Gasteiger partial charge in [0.25, 0.3) is 0 Å². The summed E-state index contributed by atoms with van der Waals surface area (Å²) in [6, 6.07) is 13.1. The number of aryl methyl sites for hydroxylation is 1. The van der Waals surface area contributed by atoms with E-state index in [1.807, 2.05) is 49.9 Å². The molecule has 4 rings (SSSR count). The molecule has 2 aliphatic heterocycles. The summed E-state index contributed by atoms with van der Waals surface area (Å²) in [4.78, 5) is 17.4. The summed E-state index contributed by atoms with van der Waals surface area (Å²) >= 11 is 0. The van der Waals surface area contributed by atoms with Crippen LogP contribution in [0.2, 0.25) is 0 Å². The number of nitrogens with zero attached hydrogens (tertiary/aromatic N) is 4. The molecule has 2 aromatic carbocycles. The maximum absolute atomic E-state index is 13.3. The van der Waals surface area contributed by atoms with Gasteiger partial charge in [0.15, 0.2) is 0 Å². The van der Waals surface area contributed by atoms with Crippen LogP contribution in [-0.4, -0.2) is 86.4 Å². The van der Waals surface area contributed by atoms with Crippen molar-refractivity contribution in [1.82, 2.24) is 14.1 Å². The second kappa shape index (κ2) is 12.3. The molecule has 0 radical (unpaired) electrons. The third kappa shape index (κ3) is 6.72. The maximum atomic E-state index is 13.3. The van der Waals surface area contributed by atoms with Gasteiger partial charge in [-0.3, -0.25) is 14.6 Å². The number of carbonyl (C=O) groups is 1. The normalized spacial score (nSPS) is 21.2. The SMILES string of the molecule is Cc1cc(OCCN2CCCC2)ccc1NC(=O)CN1CC(C)N(S(=O)(=O)c2cccc(C#N)c2)C(C)C1. The number of carbonyl (C=O) groups excluding carboxylic acids is 1. The lowest BCUT2D eigenvalue weighted by atomic mass is 10.1. The lowest BCUT2D eigenvalue weighted by molar-refractivity contribution is -0.118. The van der Waals surface area contributed by atoms with Crippen molar-refractivity contribution in [3.05, 3.63) is 53.6 Å². The fourth-order valence-electron chi connectivity index (χ4n) is 5.43. The third-order valence-electron chi connectivity index (χ3n) is 7.17. The Hall–Kier alpha value is -2.97. The van der Waals surface area contributed by atoms with E-state index < -0.39 is 10.0 Å². The van der Waals surface area contributed by atoms with E-state index in [4.69, 9.17) is 10.00 Å². The molecule has 0 spiro atoms. The zero-order valence-corrected chi connectivity index (χ0v) is 23.2. The van der Waals surface area contributed by atoms with Gasteiger partial charge in [-0.25, -0.2) is 8.42 Å². The minimum atomic E-state index is -3.77. The smallest absolute Gasteiger partial charge is 0.243 e. The van der Waals surface area contributed by atoms with Crippen LogP contribution in [0.25, 0.3) is 0 Å². The van der Waals surface area contributed by atoms with Crippen molar-refractivity contribution in [2.24, 2.45) is 0 Å². The van der Waals surface area contributed by atoms with Gasteiger partial charge >= 0.3 is 0 Å². The summed E-state index contributed by atoms with van der Waals surface area (Å²) in [7, 11) is -3.77. The van der Waals surface area contributed by atoms with Crippen LogP contribution in [0.15, 0.2) is 47.4 Å². The quantitative estimate of drug-likeness (QED) is 0.522. The van der Waals surface area contributed by atoms with E-state index in [0.717, 1.165) is 36.6 Å². The first-order valence-corrected chi connectivity index (χ1v) is 14.6. The molecule has 0 saturated carbocycles. The number of likely N-dealkylation sites (tertiary alicyclic amines) is 1. The molecule has 10 heteroatoms. The van der Waals surface area contributed by atoms with E-state index in [1.165, 1.54) is 29.3 Å². The Labute approximate surface area is 226 Å². The fourth-order valence-corrected chi connectivity index (χ4v) is 7.28. The highest BCUT2D eigenvalue weighted by molar-refractivity contribution is 7.89. The molecular weight excluding hydrogens is 502 g/mol. The molecule has 0 aromatic heterocycles. The second-order valence-corrected chi connectivity index (χ2v) is 12.1. The Morgan fingerprint density at radius 3 is 2.45 bits per heavy atom. The Balaban J connectivity index is 1.31. The van der Waals surface area contributed by atoms with Gasteiger partial charge in [0.05, 0.1) is 23.1 Å². The summed E-state index contributed by atoms with van der Waals surface area (Å²) < 4.78 is 34.1. The van der Waals surface area contributed by atoms with Crippen molar-refractivity contribution in [3.63, 3.8) is 0 Å². The zero-order valence-electron chi connectivity index (χ0n) is 22.4. The fraction of sp³-hybridized carbons (Fsp3) is 0.500. The van der Waals surface area contributed by atoms with Crippen molar-refractivity contribution in [2.75, 3.05) is 51.2 Å². The van der Waals surface area contributed by atoms with E-state index in [1.54, 1.807) is 12.1 Å². The molecule has 1 N–H and O–H groups in total. The molecule has 204 valence electrons. The van der Waals surface area contributed by atoms with Crippen molar-refractivity contribution in [2.45, 2.75) is 50.6 Å². The Bertz CT molecular complexity index is 1270. The highest BCUT2D eigenvalue weighted by atomic mass is 32.2. The monoisotopic (exact) mass is 539 g/mol. The average Bonchev–Trinajstić information content (AvgIpc) is 3.38. The topological polar surface area (TPSA) is 106 Å². The number of hydrogen-bond acceptors (Lipinski definition) is 7. The average molecular weight is 540 g/mol. The number of benzene rings is 2.